The van der Waals surface area contributed by atoms with Gasteiger partial charge in [0.1, 0.15) is 0 Å². The molecule has 10 N–H and O–H groups in total. The van der Waals surface area contributed by atoms with Crippen LogP contribution in [-0.2, 0) is 0 Å². The van der Waals surface area contributed by atoms with E-state index in [1.165, 1.54) is 11.4 Å². The fraction of sp³-hybridized carbons (Fsp3) is 0.600. The summed E-state index contributed by atoms with van der Waals surface area (Å²) >= 11 is 0. The minimum Gasteiger partial charge on any atom is -0.387 e. The zero-order chi connectivity index (χ0) is 19.5. The number of rotatable bonds is 5. The first-order valence-corrected chi connectivity index (χ1v) is 9.34. The minimum absolute atomic E-state index is 0.165. The van der Waals surface area contributed by atoms with Crippen LogP contribution >= 0.6 is 0 Å². The van der Waals surface area contributed by atoms with Gasteiger partial charge in [0.25, 0.3) is 0 Å². The molecule has 0 fully saturated rings. The van der Waals surface area contributed by atoms with Crippen molar-refractivity contribution in [3.8, 4) is 0 Å². The molecule has 0 heterocycles. The molecule has 2 rings (SSSR count). The largest absolute Gasteiger partial charge is 0.387 e. The molecular weight excluding hydrogens is 324 g/mol. The fourth-order valence-electron chi connectivity index (χ4n) is 3.86. The minimum atomic E-state index is 0.165. The van der Waals surface area contributed by atoms with E-state index in [0.29, 0.717) is 11.6 Å². The highest BCUT2D eigenvalue weighted by atomic mass is 15.0. The van der Waals surface area contributed by atoms with E-state index in [-0.39, 0.29) is 10.8 Å². The third kappa shape index (κ3) is 5.64. The third-order valence-electron chi connectivity index (χ3n) is 4.94. The van der Waals surface area contributed by atoms with E-state index in [0.717, 1.165) is 49.9 Å². The fourth-order valence-corrected chi connectivity index (χ4v) is 3.86. The Morgan fingerprint density at radius 1 is 0.731 bits per heavy atom. The van der Waals surface area contributed by atoms with Crippen LogP contribution in [0.5, 0.6) is 0 Å². The maximum Gasteiger partial charge on any atom is 0.0967 e. The van der Waals surface area contributed by atoms with Crippen molar-refractivity contribution in [3.63, 3.8) is 0 Å². The molecule has 0 unspecified atom stereocenters. The Morgan fingerprint density at radius 3 is 1.38 bits per heavy atom. The molecule has 0 aromatic rings. The summed E-state index contributed by atoms with van der Waals surface area (Å²) < 4.78 is 0. The molecule has 0 aromatic carbocycles. The van der Waals surface area contributed by atoms with Gasteiger partial charge in [-0.1, -0.05) is 27.7 Å². The van der Waals surface area contributed by atoms with Crippen molar-refractivity contribution in [1.29, 1.82) is 0 Å². The molecule has 0 atom stereocenters. The zero-order valence-electron chi connectivity index (χ0n) is 16.7. The molecule has 2 aliphatic rings. The Kier molecular flexibility index (Phi) is 5.84. The van der Waals surface area contributed by atoms with Crippen LogP contribution in [0.3, 0.4) is 0 Å². The summed E-state index contributed by atoms with van der Waals surface area (Å²) in [6.45, 7) is 10.6. The van der Waals surface area contributed by atoms with E-state index in [1.54, 1.807) is 0 Å². The second-order valence-corrected chi connectivity index (χ2v) is 9.19. The lowest BCUT2D eigenvalue weighted by molar-refractivity contribution is 0.336. The van der Waals surface area contributed by atoms with Gasteiger partial charge in [-0.05, 0) is 59.8 Å². The van der Waals surface area contributed by atoms with Crippen LogP contribution in [0.4, 0.5) is 0 Å². The summed E-state index contributed by atoms with van der Waals surface area (Å²) in [6.07, 6.45) is 8.01. The summed E-state index contributed by atoms with van der Waals surface area (Å²) in [4.78, 5) is 0. The topological polar surface area (TPSA) is 128 Å². The maximum atomic E-state index is 5.81. The number of nitrogens with one attached hydrogen (secondary N) is 2. The van der Waals surface area contributed by atoms with Crippen molar-refractivity contribution in [1.82, 2.24) is 10.6 Å². The highest BCUT2D eigenvalue weighted by molar-refractivity contribution is 5.32. The Bertz CT molecular complexity index is 598. The Balaban J connectivity index is 1.92. The quantitative estimate of drug-likeness (QED) is 0.415. The van der Waals surface area contributed by atoms with Gasteiger partial charge in [-0.3, -0.25) is 0 Å². The van der Waals surface area contributed by atoms with Crippen LogP contribution in [0.1, 0.15) is 53.4 Å². The Labute approximate surface area is 157 Å². The molecule has 0 bridgehead atoms. The van der Waals surface area contributed by atoms with Crippen LogP contribution in [0.2, 0.25) is 0 Å². The highest BCUT2D eigenvalue weighted by Crippen LogP contribution is 2.38. The molecule has 2 aliphatic carbocycles. The number of nitrogens with two attached hydrogens (primary N) is 4. The first-order valence-electron chi connectivity index (χ1n) is 9.34. The van der Waals surface area contributed by atoms with Crippen molar-refractivity contribution in [3.05, 3.63) is 46.3 Å². The van der Waals surface area contributed by atoms with Crippen molar-refractivity contribution >= 4 is 0 Å². The molecule has 0 spiro atoms. The molecule has 0 amide bonds. The molecule has 146 valence electrons. The monoisotopic (exact) mass is 360 g/mol. The van der Waals surface area contributed by atoms with Gasteiger partial charge in [-0.25, -0.2) is 0 Å². The standard InChI is InChI=1S/C20H36N6/c1-19(2)9-13(17(21)22)7-15(11-19)25-5-6-26-16-8-14(18(23)24)10-20(3,4)12-16/h7-8,25-26H,5-6,9-12,21-24H2,1-4H3. The molecule has 0 saturated carbocycles. The van der Waals surface area contributed by atoms with Crippen molar-refractivity contribution in [2.24, 2.45) is 33.8 Å². The van der Waals surface area contributed by atoms with Crippen LogP contribution < -0.4 is 33.6 Å². The Hall–Kier alpha value is -2.24. The average molecular weight is 361 g/mol. The van der Waals surface area contributed by atoms with Crippen LogP contribution in [0.25, 0.3) is 0 Å². The lowest BCUT2D eigenvalue weighted by Gasteiger charge is -2.33. The predicted molar refractivity (Wildman–Crippen MR) is 109 cm³/mol. The lowest BCUT2D eigenvalue weighted by Crippen LogP contribution is -2.33. The van der Waals surface area contributed by atoms with E-state index in [1.807, 2.05) is 0 Å². The van der Waals surface area contributed by atoms with E-state index >= 15 is 0 Å². The Morgan fingerprint density at radius 2 is 1.08 bits per heavy atom. The van der Waals surface area contributed by atoms with E-state index in [4.69, 9.17) is 22.9 Å². The summed E-state index contributed by atoms with van der Waals surface area (Å²) in [5.41, 5.74) is 28.0. The maximum absolute atomic E-state index is 5.81. The van der Waals surface area contributed by atoms with Crippen LogP contribution in [0.15, 0.2) is 46.3 Å². The van der Waals surface area contributed by atoms with Gasteiger partial charge in [0, 0.05) is 24.5 Å². The third-order valence-corrected chi connectivity index (χ3v) is 4.94. The number of hydrogen-bond donors (Lipinski definition) is 6. The van der Waals surface area contributed by atoms with Gasteiger partial charge in [0.15, 0.2) is 0 Å². The zero-order valence-corrected chi connectivity index (χ0v) is 16.7. The molecule has 26 heavy (non-hydrogen) atoms. The van der Waals surface area contributed by atoms with Crippen molar-refractivity contribution < 1.29 is 0 Å². The first-order chi connectivity index (χ1) is 12.0. The van der Waals surface area contributed by atoms with Gasteiger partial charge in [-0.2, -0.15) is 0 Å². The summed E-state index contributed by atoms with van der Waals surface area (Å²) in [5.74, 6) is 0.840. The SMILES string of the molecule is CC1(C)CC(NCCNC2=CC(=C(N)N)CC(C)(C)C2)=CC(=C(N)N)C1. The second-order valence-electron chi connectivity index (χ2n) is 9.19. The van der Waals surface area contributed by atoms with E-state index in [9.17, 15) is 0 Å². The first kappa shape index (κ1) is 20.1. The number of allylic oxidation sites excluding steroid dienone is 6. The van der Waals surface area contributed by atoms with E-state index in [2.05, 4.69) is 50.5 Å². The van der Waals surface area contributed by atoms with Gasteiger partial charge in [-0.15, -0.1) is 0 Å². The van der Waals surface area contributed by atoms with Crippen molar-refractivity contribution in [2.45, 2.75) is 53.4 Å². The molecule has 0 saturated heterocycles. The summed E-state index contributed by atoms with van der Waals surface area (Å²) in [6, 6.07) is 0. The van der Waals surface area contributed by atoms with Gasteiger partial charge >= 0.3 is 0 Å². The molecule has 0 aliphatic heterocycles. The smallest absolute Gasteiger partial charge is 0.0967 e. The normalized spacial score (nSPS) is 21.5. The second kappa shape index (κ2) is 7.56. The molecule has 6 nitrogen and oxygen atoms in total. The van der Waals surface area contributed by atoms with Crippen LogP contribution in [0, 0.1) is 10.8 Å². The van der Waals surface area contributed by atoms with Crippen molar-refractivity contribution in [2.75, 3.05) is 13.1 Å². The highest BCUT2D eigenvalue weighted by Gasteiger charge is 2.27. The summed E-state index contributed by atoms with van der Waals surface area (Å²) in [5, 5.41) is 7.04. The predicted octanol–water partition coefficient (Wildman–Crippen LogP) is 1.83. The number of hydrogen-bond acceptors (Lipinski definition) is 6. The van der Waals surface area contributed by atoms with Gasteiger partial charge in [0.05, 0.1) is 11.6 Å². The van der Waals surface area contributed by atoms with Crippen LogP contribution in [-0.4, -0.2) is 13.1 Å². The van der Waals surface area contributed by atoms with E-state index < -0.39 is 0 Å². The molecular formula is C20H36N6. The summed E-state index contributed by atoms with van der Waals surface area (Å²) in [7, 11) is 0. The molecule has 0 radical (unpaired) electrons. The average Bonchev–Trinajstić information content (AvgIpc) is 2.48. The van der Waals surface area contributed by atoms with Gasteiger partial charge < -0.3 is 33.6 Å². The van der Waals surface area contributed by atoms with Gasteiger partial charge in [0.2, 0.25) is 0 Å². The lowest BCUT2D eigenvalue weighted by atomic mass is 9.77. The molecule has 6 heteroatoms. The molecule has 0 aromatic heterocycles.